The van der Waals surface area contributed by atoms with Crippen molar-refractivity contribution in [2.75, 3.05) is 13.2 Å². The van der Waals surface area contributed by atoms with Crippen molar-refractivity contribution in [3.05, 3.63) is 27.7 Å². The van der Waals surface area contributed by atoms with Gasteiger partial charge in [-0.15, -0.1) is 0 Å². The summed E-state index contributed by atoms with van der Waals surface area (Å²) in [5, 5.41) is 11.1. The third-order valence-electron chi connectivity index (χ3n) is 1.75. The van der Waals surface area contributed by atoms with E-state index in [0.717, 1.165) is 4.47 Å². The lowest BCUT2D eigenvalue weighted by Gasteiger charge is -2.08. The first-order valence-corrected chi connectivity index (χ1v) is 5.81. The third kappa shape index (κ3) is 4.72. The molecule has 2 N–H and O–H groups in total. The van der Waals surface area contributed by atoms with Gasteiger partial charge in [-0.2, -0.15) is 0 Å². The highest BCUT2D eigenvalue weighted by Crippen LogP contribution is 2.27. The van der Waals surface area contributed by atoms with Crippen molar-refractivity contribution >= 4 is 33.6 Å². The number of hydrogen-bond acceptors (Lipinski definition) is 2. The van der Waals surface area contributed by atoms with Gasteiger partial charge >= 0.3 is 6.09 Å². The molecule has 0 spiro atoms. The molecule has 0 atom stereocenters. The quantitative estimate of drug-likeness (QED) is 0.822. The number of ether oxygens (including phenoxy) is 1. The first-order chi connectivity index (χ1) is 7.59. The van der Waals surface area contributed by atoms with Crippen LogP contribution < -0.4 is 10.1 Å². The van der Waals surface area contributed by atoms with Gasteiger partial charge in [-0.3, -0.25) is 0 Å². The van der Waals surface area contributed by atoms with Crippen molar-refractivity contribution in [2.24, 2.45) is 0 Å². The average Bonchev–Trinajstić information content (AvgIpc) is 2.20. The van der Waals surface area contributed by atoms with Crippen LogP contribution in [-0.4, -0.2) is 24.4 Å². The number of carbonyl (C=O) groups is 1. The van der Waals surface area contributed by atoms with Gasteiger partial charge in [-0.1, -0.05) is 27.5 Å². The zero-order valence-corrected chi connectivity index (χ0v) is 10.7. The summed E-state index contributed by atoms with van der Waals surface area (Å²) in [4.78, 5) is 10.1. The molecule has 4 nitrogen and oxygen atoms in total. The number of hydrogen-bond donors (Lipinski definition) is 2. The SMILES string of the molecule is O=C(O)NCCCOc1ccc(Br)cc1Cl. The minimum Gasteiger partial charge on any atom is -0.492 e. The predicted molar refractivity (Wildman–Crippen MR) is 65.3 cm³/mol. The highest BCUT2D eigenvalue weighted by Gasteiger charge is 2.01. The van der Waals surface area contributed by atoms with Gasteiger partial charge in [0.15, 0.2) is 0 Å². The molecule has 0 bridgehead atoms. The van der Waals surface area contributed by atoms with E-state index in [9.17, 15) is 4.79 Å². The molecule has 0 aliphatic carbocycles. The maximum absolute atomic E-state index is 10.1. The van der Waals surface area contributed by atoms with Gasteiger partial charge in [0.25, 0.3) is 0 Å². The Labute approximate surface area is 107 Å². The van der Waals surface area contributed by atoms with E-state index in [1.54, 1.807) is 12.1 Å². The van der Waals surface area contributed by atoms with Gasteiger partial charge in [0.2, 0.25) is 0 Å². The summed E-state index contributed by atoms with van der Waals surface area (Å²) in [7, 11) is 0. The average molecular weight is 309 g/mol. The van der Waals surface area contributed by atoms with E-state index < -0.39 is 6.09 Å². The molecule has 0 fully saturated rings. The fourth-order valence-corrected chi connectivity index (χ4v) is 1.77. The lowest BCUT2D eigenvalue weighted by atomic mass is 10.3. The molecule has 0 aliphatic heterocycles. The van der Waals surface area contributed by atoms with Crippen molar-refractivity contribution < 1.29 is 14.6 Å². The second kappa shape index (κ2) is 6.60. The van der Waals surface area contributed by atoms with Crippen molar-refractivity contribution in [3.8, 4) is 5.75 Å². The maximum Gasteiger partial charge on any atom is 0.404 e. The number of benzene rings is 1. The van der Waals surface area contributed by atoms with Crippen LogP contribution in [0.2, 0.25) is 5.02 Å². The molecule has 1 rings (SSSR count). The maximum atomic E-state index is 10.1. The lowest BCUT2D eigenvalue weighted by molar-refractivity contribution is 0.193. The number of halogens is 2. The molecular formula is C10H11BrClNO3. The van der Waals surface area contributed by atoms with Crippen molar-refractivity contribution in [1.29, 1.82) is 0 Å². The molecule has 1 aromatic rings. The number of amides is 1. The van der Waals surface area contributed by atoms with Gasteiger partial charge in [0.05, 0.1) is 11.6 Å². The summed E-state index contributed by atoms with van der Waals surface area (Å²) in [5.41, 5.74) is 0. The first-order valence-electron chi connectivity index (χ1n) is 4.64. The van der Waals surface area contributed by atoms with Crippen LogP contribution in [0.4, 0.5) is 4.79 Å². The van der Waals surface area contributed by atoms with E-state index in [4.69, 9.17) is 21.4 Å². The van der Waals surface area contributed by atoms with Gasteiger partial charge in [-0.25, -0.2) is 4.79 Å². The Kier molecular flexibility index (Phi) is 5.42. The van der Waals surface area contributed by atoms with Crippen LogP contribution in [0.15, 0.2) is 22.7 Å². The van der Waals surface area contributed by atoms with Crippen molar-refractivity contribution in [1.82, 2.24) is 5.32 Å². The van der Waals surface area contributed by atoms with Crippen LogP contribution in [0.3, 0.4) is 0 Å². The number of rotatable bonds is 5. The van der Waals surface area contributed by atoms with Crippen LogP contribution in [-0.2, 0) is 0 Å². The van der Waals surface area contributed by atoms with Crippen LogP contribution in [0.1, 0.15) is 6.42 Å². The summed E-state index contributed by atoms with van der Waals surface area (Å²) < 4.78 is 6.27. The van der Waals surface area contributed by atoms with Crippen molar-refractivity contribution in [3.63, 3.8) is 0 Å². The van der Waals surface area contributed by atoms with E-state index in [2.05, 4.69) is 21.2 Å². The normalized spacial score (nSPS) is 9.88. The fourth-order valence-electron chi connectivity index (χ4n) is 1.04. The van der Waals surface area contributed by atoms with Gasteiger partial charge in [0.1, 0.15) is 5.75 Å². The van der Waals surface area contributed by atoms with Gasteiger partial charge in [0, 0.05) is 11.0 Å². The largest absolute Gasteiger partial charge is 0.492 e. The van der Waals surface area contributed by atoms with Crippen LogP contribution in [0, 0.1) is 0 Å². The Bertz CT molecular complexity index is 373. The molecular weight excluding hydrogens is 297 g/mol. The number of carboxylic acid groups (broad SMARTS) is 1. The molecule has 0 aliphatic rings. The van der Waals surface area contributed by atoms with E-state index in [0.29, 0.717) is 30.3 Å². The molecule has 0 heterocycles. The Balaban J connectivity index is 2.29. The molecule has 0 aromatic heterocycles. The first kappa shape index (κ1) is 13.1. The smallest absolute Gasteiger partial charge is 0.404 e. The third-order valence-corrected chi connectivity index (χ3v) is 2.54. The molecule has 1 amide bonds. The Hall–Kier alpha value is -0.940. The summed E-state index contributed by atoms with van der Waals surface area (Å²) in [6, 6.07) is 5.33. The molecule has 0 saturated carbocycles. The predicted octanol–water partition coefficient (Wildman–Crippen LogP) is 3.14. The van der Waals surface area contributed by atoms with E-state index >= 15 is 0 Å². The standard InChI is InChI=1S/C10H11BrClNO3/c11-7-2-3-9(8(12)6-7)16-5-1-4-13-10(14)15/h2-3,6,13H,1,4-5H2,(H,14,15). The lowest BCUT2D eigenvalue weighted by Crippen LogP contribution is -2.23. The number of nitrogens with one attached hydrogen (secondary N) is 1. The van der Waals surface area contributed by atoms with Crippen LogP contribution in [0.25, 0.3) is 0 Å². The summed E-state index contributed by atoms with van der Waals surface area (Å²) in [5.74, 6) is 0.597. The topological polar surface area (TPSA) is 58.6 Å². The van der Waals surface area contributed by atoms with E-state index in [1.165, 1.54) is 0 Å². The molecule has 88 valence electrons. The Morgan fingerprint density at radius 2 is 2.31 bits per heavy atom. The summed E-state index contributed by atoms with van der Waals surface area (Å²) in [6.45, 7) is 0.783. The fraction of sp³-hybridized carbons (Fsp3) is 0.300. The van der Waals surface area contributed by atoms with Gasteiger partial charge in [-0.05, 0) is 24.6 Å². The van der Waals surface area contributed by atoms with Crippen molar-refractivity contribution in [2.45, 2.75) is 6.42 Å². The van der Waals surface area contributed by atoms with E-state index in [1.807, 2.05) is 6.07 Å². The van der Waals surface area contributed by atoms with Crippen LogP contribution in [0.5, 0.6) is 5.75 Å². The minimum atomic E-state index is -1.03. The summed E-state index contributed by atoms with van der Waals surface area (Å²) in [6.07, 6.45) is -0.430. The summed E-state index contributed by atoms with van der Waals surface area (Å²) >= 11 is 9.22. The van der Waals surface area contributed by atoms with Crippen LogP contribution >= 0.6 is 27.5 Å². The molecule has 0 radical (unpaired) electrons. The molecule has 0 saturated heterocycles. The Morgan fingerprint density at radius 1 is 1.56 bits per heavy atom. The molecule has 16 heavy (non-hydrogen) atoms. The molecule has 1 aromatic carbocycles. The highest BCUT2D eigenvalue weighted by molar-refractivity contribution is 9.10. The molecule has 6 heteroatoms. The second-order valence-electron chi connectivity index (χ2n) is 3.01. The zero-order chi connectivity index (χ0) is 12.0. The minimum absolute atomic E-state index is 0.365. The molecule has 0 unspecified atom stereocenters. The van der Waals surface area contributed by atoms with E-state index in [-0.39, 0.29) is 0 Å². The zero-order valence-electron chi connectivity index (χ0n) is 8.37. The second-order valence-corrected chi connectivity index (χ2v) is 4.33. The highest BCUT2D eigenvalue weighted by atomic mass is 79.9. The Morgan fingerprint density at radius 3 is 2.94 bits per heavy atom. The van der Waals surface area contributed by atoms with Gasteiger partial charge < -0.3 is 15.2 Å². The monoisotopic (exact) mass is 307 g/mol.